The van der Waals surface area contributed by atoms with Crippen LogP contribution in [0.25, 0.3) is 0 Å². The molecule has 0 fully saturated rings. The van der Waals surface area contributed by atoms with Crippen LogP contribution < -0.4 is 14.2 Å². The molecule has 1 aliphatic rings. The first kappa shape index (κ1) is 14.7. The number of sulfonamides is 1. The molecule has 0 spiro atoms. The van der Waals surface area contributed by atoms with Gasteiger partial charge in [0.05, 0.1) is 4.90 Å². The van der Waals surface area contributed by atoms with E-state index in [1.807, 2.05) is 25.1 Å². The van der Waals surface area contributed by atoms with Crippen molar-refractivity contribution >= 4 is 15.7 Å². The third kappa shape index (κ3) is 3.01. The van der Waals surface area contributed by atoms with E-state index in [4.69, 9.17) is 9.47 Å². The molecule has 5 nitrogen and oxygen atoms in total. The fourth-order valence-corrected chi connectivity index (χ4v) is 3.32. The zero-order valence-electron chi connectivity index (χ0n) is 12.2. The second kappa shape index (κ2) is 5.88. The second-order valence-corrected chi connectivity index (χ2v) is 6.65. The lowest BCUT2D eigenvalue weighted by atomic mass is 10.1. The Balaban J connectivity index is 1.89. The van der Waals surface area contributed by atoms with Gasteiger partial charge in [0.1, 0.15) is 13.2 Å². The van der Waals surface area contributed by atoms with E-state index in [2.05, 4.69) is 4.72 Å². The molecule has 2 aromatic carbocycles. The maximum atomic E-state index is 12.5. The summed E-state index contributed by atoms with van der Waals surface area (Å²) in [6.07, 6.45) is 0.847. The van der Waals surface area contributed by atoms with Crippen LogP contribution in [0, 0.1) is 0 Å². The smallest absolute Gasteiger partial charge is 0.262 e. The Bertz CT molecular complexity index is 786. The van der Waals surface area contributed by atoms with Crippen molar-refractivity contribution in [3.63, 3.8) is 0 Å². The van der Waals surface area contributed by atoms with Crippen LogP contribution in [-0.2, 0) is 16.4 Å². The maximum absolute atomic E-state index is 12.5. The van der Waals surface area contributed by atoms with Crippen LogP contribution in [0.15, 0.2) is 47.4 Å². The van der Waals surface area contributed by atoms with Crippen LogP contribution in [0.3, 0.4) is 0 Å². The van der Waals surface area contributed by atoms with E-state index < -0.39 is 10.0 Å². The zero-order valence-corrected chi connectivity index (χ0v) is 13.0. The monoisotopic (exact) mass is 319 g/mol. The maximum Gasteiger partial charge on any atom is 0.262 e. The van der Waals surface area contributed by atoms with Gasteiger partial charge in [-0.1, -0.05) is 19.1 Å². The summed E-state index contributed by atoms with van der Waals surface area (Å²) >= 11 is 0. The van der Waals surface area contributed by atoms with Crippen LogP contribution in [-0.4, -0.2) is 21.6 Å². The molecule has 0 atom stereocenters. The highest BCUT2D eigenvalue weighted by Crippen LogP contribution is 2.32. The summed E-state index contributed by atoms with van der Waals surface area (Å²) in [7, 11) is -3.66. The van der Waals surface area contributed by atoms with Gasteiger partial charge in [-0.3, -0.25) is 4.72 Å². The number of benzene rings is 2. The minimum Gasteiger partial charge on any atom is -0.486 e. The molecule has 0 radical (unpaired) electrons. The van der Waals surface area contributed by atoms with Crippen molar-refractivity contribution in [1.29, 1.82) is 0 Å². The molecule has 3 rings (SSSR count). The van der Waals surface area contributed by atoms with Crippen LogP contribution in [0.1, 0.15) is 12.5 Å². The molecule has 2 aromatic rings. The molecule has 116 valence electrons. The highest BCUT2D eigenvalue weighted by atomic mass is 32.2. The Morgan fingerprint density at radius 2 is 1.82 bits per heavy atom. The minimum atomic E-state index is -3.66. The Labute approximate surface area is 129 Å². The van der Waals surface area contributed by atoms with Crippen LogP contribution in [0.2, 0.25) is 0 Å². The molecular weight excluding hydrogens is 302 g/mol. The zero-order chi connectivity index (χ0) is 15.6. The summed E-state index contributed by atoms with van der Waals surface area (Å²) in [5, 5.41) is 0. The van der Waals surface area contributed by atoms with Crippen molar-refractivity contribution < 1.29 is 17.9 Å². The minimum absolute atomic E-state index is 0.152. The average molecular weight is 319 g/mol. The number of hydrogen-bond acceptors (Lipinski definition) is 4. The van der Waals surface area contributed by atoms with Gasteiger partial charge in [-0.05, 0) is 36.2 Å². The third-order valence-corrected chi connectivity index (χ3v) is 4.79. The molecule has 0 amide bonds. The van der Waals surface area contributed by atoms with Gasteiger partial charge in [0.25, 0.3) is 10.0 Å². The third-order valence-electron chi connectivity index (χ3n) is 3.41. The highest BCUT2D eigenvalue weighted by molar-refractivity contribution is 7.92. The predicted octanol–water partition coefficient (Wildman–Crippen LogP) is 2.82. The van der Waals surface area contributed by atoms with Crippen LogP contribution in [0.4, 0.5) is 5.69 Å². The molecule has 0 aliphatic carbocycles. The van der Waals surface area contributed by atoms with Crippen molar-refractivity contribution in [2.24, 2.45) is 0 Å². The molecule has 1 aliphatic heterocycles. The molecule has 0 aromatic heterocycles. The predicted molar refractivity (Wildman–Crippen MR) is 84.1 cm³/mol. The van der Waals surface area contributed by atoms with E-state index in [1.165, 1.54) is 12.1 Å². The Morgan fingerprint density at radius 3 is 2.59 bits per heavy atom. The molecule has 0 saturated carbocycles. The Kier molecular flexibility index (Phi) is 3.94. The van der Waals surface area contributed by atoms with Gasteiger partial charge in [-0.25, -0.2) is 8.42 Å². The van der Waals surface area contributed by atoms with E-state index in [9.17, 15) is 8.42 Å². The summed E-state index contributed by atoms with van der Waals surface area (Å²) in [5.74, 6) is 1.02. The summed E-state index contributed by atoms with van der Waals surface area (Å²) in [6.45, 7) is 2.91. The number of fused-ring (bicyclic) bond motifs is 1. The average Bonchev–Trinajstić information content (AvgIpc) is 2.54. The first-order valence-electron chi connectivity index (χ1n) is 7.10. The first-order valence-corrected chi connectivity index (χ1v) is 8.58. The van der Waals surface area contributed by atoms with Gasteiger partial charge in [0, 0.05) is 11.8 Å². The van der Waals surface area contributed by atoms with Gasteiger partial charge < -0.3 is 9.47 Å². The van der Waals surface area contributed by atoms with Crippen LogP contribution in [0.5, 0.6) is 11.5 Å². The lowest BCUT2D eigenvalue weighted by Crippen LogP contribution is -2.17. The molecule has 6 heteroatoms. The van der Waals surface area contributed by atoms with E-state index in [1.54, 1.807) is 12.1 Å². The lowest BCUT2D eigenvalue weighted by Gasteiger charge is -2.19. The van der Waals surface area contributed by atoms with Crippen molar-refractivity contribution in [1.82, 2.24) is 0 Å². The lowest BCUT2D eigenvalue weighted by molar-refractivity contribution is 0.171. The number of nitrogens with one attached hydrogen (secondary N) is 1. The largest absolute Gasteiger partial charge is 0.486 e. The Hall–Kier alpha value is -2.21. The first-order chi connectivity index (χ1) is 10.6. The number of anilines is 1. The van der Waals surface area contributed by atoms with E-state index in [0.717, 1.165) is 12.0 Å². The van der Waals surface area contributed by atoms with Crippen molar-refractivity contribution in [2.45, 2.75) is 18.2 Å². The van der Waals surface area contributed by atoms with Gasteiger partial charge in [-0.2, -0.15) is 0 Å². The fourth-order valence-electron chi connectivity index (χ4n) is 2.26. The number of rotatable bonds is 4. The van der Waals surface area contributed by atoms with Crippen LogP contribution >= 0.6 is 0 Å². The molecule has 0 unspecified atom stereocenters. The number of hydrogen-bond donors (Lipinski definition) is 1. The molecule has 1 heterocycles. The summed E-state index contributed by atoms with van der Waals surface area (Å²) < 4.78 is 38.4. The summed E-state index contributed by atoms with van der Waals surface area (Å²) in [6, 6.07) is 12.0. The second-order valence-electron chi connectivity index (χ2n) is 4.96. The fraction of sp³-hybridized carbons (Fsp3) is 0.250. The molecule has 0 bridgehead atoms. The van der Waals surface area contributed by atoms with Gasteiger partial charge in [-0.15, -0.1) is 0 Å². The molecule has 1 N–H and O–H groups in total. The van der Waals surface area contributed by atoms with E-state index in [0.29, 0.717) is 30.4 Å². The number of ether oxygens (including phenoxy) is 2. The molecular formula is C16H17NO4S. The summed E-state index contributed by atoms with van der Waals surface area (Å²) in [5.41, 5.74) is 1.62. The normalized spacial score (nSPS) is 13.7. The number of aryl methyl sites for hydroxylation is 1. The van der Waals surface area contributed by atoms with Crippen molar-refractivity contribution in [3.05, 3.63) is 48.0 Å². The quantitative estimate of drug-likeness (QED) is 0.941. The Morgan fingerprint density at radius 1 is 1.05 bits per heavy atom. The van der Waals surface area contributed by atoms with Gasteiger partial charge >= 0.3 is 0 Å². The molecule has 0 saturated heterocycles. The van der Waals surface area contributed by atoms with E-state index in [-0.39, 0.29) is 4.90 Å². The van der Waals surface area contributed by atoms with Crippen molar-refractivity contribution in [2.75, 3.05) is 17.9 Å². The summed E-state index contributed by atoms with van der Waals surface area (Å²) in [4.78, 5) is 0.152. The highest BCUT2D eigenvalue weighted by Gasteiger charge is 2.19. The standard InChI is InChI=1S/C16H17NO4S/c1-2-12-4-3-5-13(10-12)17-22(18,19)14-6-7-15-16(11-14)21-9-8-20-15/h3-7,10-11,17H,2,8-9H2,1H3. The van der Waals surface area contributed by atoms with E-state index >= 15 is 0 Å². The molecule has 22 heavy (non-hydrogen) atoms. The van der Waals surface area contributed by atoms with Crippen molar-refractivity contribution in [3.8, 4) is 11.5 Å². The van der Waals surface area contributed by atoms with Gasteiger partial charge in [0.15, 0.2) is 11.5 Å². The topological polar surface area (TPSA) is 64.6 Å². The van der Waals surface area contributed by atoms with Gasteiger partial charge in [0.2, 0.25) is 0 Å². The SMILES string of the molecule is CCc1cccc(NS(=O)(=O)c2ccc3c(c2)OCCO3)c1.